The molecular weight excluding hydrogens is 288 g/mol. The van der Waals surface area contributed by atoms with E-state index in [4.69, 9.17) is 11.6 Å². The van der Waals surface area contributed by atoms with Crippen molar-refractivity contribution < 1.29 is 4.79 Å². The van der Waals surface area contributed by atoms with Crippen LogP contribution in [0.2, 0.25) is 5.02 Å². The molecule has 1 aliphatic rings. The first kappa shape index (κ1) is 14.1. The van der Waals surface area contributed by atoms with Crippen LogP contribution in [0.5, 0.6) is 0 Å². The quantitative estimate of drug-likeness (QED) is 0.805. The van der Waals surface area contributed by atoms with Crippen molar-refractivity contribution in [3.05, 3.63) is 51.8 Å². The topological polar surface area (TPSA) is 69.8 Å². The van der Waals surface area contributed by atoms with Crippen LogP contribution in [0, 0.1) is 0 Å². The summed E-state index contributed by atoms with van der Waals surface area (Å²) in [6.07, 6.45) is 1.66. The molecule has 0 spiro atoms. The zero-order valence-corrected chi connectivity index (χ0v) is 12.3. The van der Waals surface area contributed by atoms with Gasteiger partial charge in [0.1, 0.15) is 0 Å². The molecule has 0 aliphatic carbocycles. The number of hydrogen-bond donors (Lipinski definition) is 3. The van der Waals surface area contributed by atoms with Crippen molar-refractivity contribution in [3.8, 4) is 0 Å². The van der Waals surface area contributed by atoms with Gasteiger partial charge < -0.3 is 10.6 Å². The Morgan fingerprint density at radius 3 is 2.95 bits per heavy atom. The van der Waals surface area contributed by atoms with Crippen molar-refractivity contribution in [1.82, 2.24) is 20.8 Å². The van der Waals surface area contributed by atoms with Gasteiger partial charge in [0, 0.05) is 42.3 Å². The van der Waals surface area contributed by atoms with Crippen molar-refractivity contribution in [2.24, 2.45) is 0 Å². The molecule has 1 aliphatic heterocycles. The van der Waals surface area contributed by atoms with Gasteiger partial charge in [-0.1, -0.05) is 23.7 Å². The third kappa shape index (κ3) is 3.25. The van der Waals surface area contributed by atoms with Gasteiger partial charge in [0.15, 0.2) is 5.69 Å². The van der Waals surface area contributed by atoms with Crippen molar-refractivity contribution in [3.63, 3.8) is 0 Å². The molecule has 0 radical (unpaired) electrons. The van der Waals surface area contributed by atoms with Crippen molar-refractivity contribution in [2.75, 3.05) is 13.1 Å². The zero-order chi connectivity index (χ0) is 14.7. The number of nitrogens with one attached hydrogen (secondary N) is 3. The molecule has 0 atom stereocenters. The molecule has 110 valence electrons. The average molecular weight is 305 g/mol. The Hall–Kier alpha value is -1.85. The van der Waals surface area contributed by atoms with E-state index in [0.717, 1.165) is 41.2 Å². The molecule has 0 bridgehead atoms. The number of amides is 1. The number of aromatic amines is 1. The van der Waals surface area contributed by atoms with Crippen LogP contribution >= 0.6 is 11.6 Å². The summed E-state index contributed by atoms with van der Waals surface area (Å²) in [7, 11) is 0. The van der Waals surface area contributed by atoms with E-state index in [2.05, 4.69) is 20.8 Å². The zero-order valence-electron chi connectivity index (χ0n) is 11.6. The number of fused-ring (bicyclic) bond motifs is 1. The fourth-order valence-corrected chi connectivity index (χ4v) is 2.59. The Labute approximate surface area is 128 Å². The molecule has 21 heavy (non-hydrogen) atoms. The Kier molecular flexibility index (Phi) is 4.22. The molecule has 0 saturated heterocycles. The lowest BCUT2D eigenvalue weighted by Gasteiger charge is -2.12. The van der Waals surface area contributed by atoms with Crippen LogP contribution in [0.4, 0.5) is 0 Å². The first-order valence-corrected chi connectivity index (χ1v) is 7.41. The van der Waals surface area contributed by atoms with Crippen LogP contribution in [0.1, 0.15) is 27.3 Å². The molecule has 1 amide bonds. The first-order chi connectivity index (χ1) is 10.2. The van der Waals surface area contributed by atoms with E-state index in [9.17, 15) is 4.79 Å². The van der Waals surface area contributed by atoms with Crippen molar-refractivity contribution in [1.29, 1.82) is 0 Å². The molecule has 2 aromatic rings. The van der Waals surface area contributed by atoms with Crippen molar-refractivity contribution >= 4 is 17.5 Å². The third-order valence-corrected chi connectivity index (χ3v) is 3.89. The van der Waals surface area contributed by atoms with Gasteiger partial charge in [-0.2, -0.15) is 5.10 Å². The largest absolute Gasteiger partial charge is 0.350 e. The monoisotopic (exact) mass is 304 g/mol. The average Bonchev–Trinajstić information content (AvgIpc) is 2.93. The minimum atomic E-state index is -0.120. The van der Waals surface area contributed by atoms with Crippen LogP contribution in [-0.4, -0.2) is 29.2 Å². The summed E-state index contributed by atoms with van der Waals surface area (Å²) in [5.41, 5.74) is 3.71. The minimum absolute atomic E-state index is 0.120. The number of H-pyrrole nitrogens is 1. The number of halogens is 1. The third-order valence-electron chi connectivity index (χ3n) is 3.63. The molecule has 0 unspecified atom stereocenters. The second kappa shape index (κ2) is 6.28. The van der Waals surface area contributed by atoms with E-state index >= 15 is 0 Å². The smallest absolute Gasteiger partial charge is 0.272 e. The molecule has 0 saturated carbocycles. The van der Waals surface area contributed by atoms with Crippen LogP contribution in [-0.2, 0) is 19.4 Å². The summed E-state index contributed by atoms with van der Waals surface area (Å²) in [6.45, 7) is 2.20. The SMILES string of the molecule is O=C(NCCc1ccc(Cl)cc1)c1n[nH]c2c1CNCC2. The van der Waals surface area contributed by atoms with Gasteiger partial charge in [0.2, 0.25) is 0 Å². The summed E-state index contributed by atoms with van der Waals surface area (Å²) in [5.74, 6) is -0.120. The highest BCUT2D eigenvalue weighted by molar-refractivity contribution is 6.30. The van der Waals surface area contributed by atoms with E-state index in [0.29, 0.717) is 18.8 Å². The number of nitrogens with zero attached hydrogens (tertiary/aromatic N) is 1. The molecule has 0 fully saturated rings. The molecule has 3 rings (SSSR count). The van der Waals surface area contributed by atoms with Gasteiger partial charge in [-0.3, -0.25) is 9.89 Å². The van der Waals surface area contributed by atoms with E-state index in [-0.39, 0.29) is 5.91 Å². The highest BCUT2D eigenvalue weighted by atomic mass is 35.5. The lowest BCUT2D eigenvalue weighted by atomic mass is 10.1. The second-order valence-corrected chi connectivity index (χ2v) is 5.52. The van der Waals surface area contributed by atoms with Gasteiger partial charge in [0.25, 0.3) is 5.91 Å². The fraction of sp³-hybridized carbons (Fsp3) is 0.333. The molecule has 5 nitrogen and oxygen atoms in total. The summed E-state index contributed by atoms with van der Waals surface area (Å²) < 4.78 is 0. The number of aromatic nitrogens is 2. The maximum absolute atomic E-state index is 12.2. The predicted octanol–water partition coefficient (Wildman–Crippen LogP) is 1.68. The normalized spacial score (nSPS) is 13.8. The highest BCUT2D eigenvalue weighted by Crippen LogP contribution is 2.15. The van der Waals surface area contributed by atoms with E-state index in [1.807, 2.05) is 24.3 Å². The Morgan fingerprint density at radius 1 is 1.33 bits per heavy atom. The summed E-state index contributed by atoms with van der Waals surface area (Å²) >= 11 is 5.84. The lowest BCUT2D eigenvalue weighted by Crippen LogP contribution is -2.29. The summed E-state index contributed by atoms with van der Waals surface area (Å²) in [4.78, 5) is 12.2. The molecule has 6 heteroatoms. The molecular formula is C15H17ClN4O. The van der Waals surface area contributed by atoms with Gasteiger partial charge in [-0.25, -0.2) is 0 Å². The van der Waals surface area contributed by atoms with Crippen LogP contribution in [0.3, 0.4) is 0 Å². The fourth-order valence-electron chi connectivity index (χ4n) is 2.47. The van der Waals surface area contributed by atoms with Crippen LogP contribution in [0.25, 0.3) is 0 Å². The maximum Gasteiger partial charge on any atom is 0.272 e. The van der Waals surface area contributed by atoms with Gasteiger partial charge in [-0.05, 0) is 24.1 Å². The molecule has 3 N–H and O–H groups in total. The maximum atomic E-state index is 12.2. The first-order valence-electron chi connectivity index (χ1n) is 7.03. The standard InChI is InChI=1S/C15H17ClN4O/c16-11-3-1-10(2-4-11)5-8-18-15(21)14-12-9-17-7-6-13(12)19-20-14/h1-4,17H,5-9H2,(H,18,21)(H,19,20). The number of rotatable bonds is 4. The Morgan fingerprint density at radius 2 is 2.14 bits per heavy atom. The van der Waals surface area contributed by atoms with Crippen molar-refractivity contribution in [2.45, 2.75) is 19.4 Å². The molecule has 2 heterocycles. The molecule has 1 aromatic carbocycles. The Balaban J connectivity index is 1.57. The van der Waals surface area contributed by atoms with E-state index in [1.54, 1.807) is 0 Å². The number of carbonyl (C=O) groups is 1. The second-order valence-electron chi connectivity index (χ2n) is 5.09. The van der Waals surface area contributed by atoms with Crippen LogP contribution < -0.4 is 10.6 Å². The highest BCUT2D eigenvalue weighted by Gasteiger charge is 2.20. The number of benzene rings is 1. The van der Waals surface area contributed by atoms with Gasteiger partial charge in [0.05, 0.1) is 0 Å². The predicted molar refractivity (Wildman–Crippen MR) is 81.5 cm³/mol. The summed E-state index contributed by atoms with van der Waals surface area (Å²) in [6, 6.07) is 7.65. The Bertz CT molecular complexity index is 636. The van der Waals surface area contributed by atoms with Gasteiger partial charge >= 0.3 is 0 Å². The van der Waals surface area contributed by atoms with E-state index in [1.165, 1.54) is 0 Å². The summed E-state index contributed by atoms with van der Waals surface area (Å²) in [5, 5.41) is 14.0. The van der Waals surface area contributed by atoms with Gasteiger partial charge in [-0.15, -0.1) is 0 Å². The minimum Gasteiger partial charge on any atom is -0.350 e. The van der Waals surface area contributed by atoms with Crippen LogP contribution in [0.15, 0.2) is 24.3 Å². The lowest BCUT2D eigenvalue weighted by molar-refractivity contribution is 0.0948. The number of carbonyl (C=O) groups excluding carboxylic acids is 1. The number of hydrogen-bond acceptors (Lipinski definition) is 3. The van der Waals surface area contributed by atoms with E-state index < -0.39 is 0 Å². The molecule has 1 aromatic heterocycles.